The first kappa shape index (κ1) is 27.2. The summed E-state index contributed by atoms with van der Waals surface area (Å²) in [5, 5.41) is 13.0. The first-order chi connectivity index (χ1) is 19.0. The molecule has 0 aliphatic carbocycles. The number of carbonyl (C=O) groups is 3. The highest BCUT2D eigenvalue weighted by atomic mass is 19.4. The summed E-state index contributed by atoms with van der Waals surface area (Å²) in [5.74, 6) is -1.65. The van der Waals surface area contributed by atoms with Crippen LogP contribution in [0.15, 0.2) is 64.8 Å². The van der Waals surface area contributed by atoms with Crippen LogP contribution < -0.4 is 10.2 Å². The number of aliphatic hydroxyl groups is 1. The van der Waals surface area contributed by atoms with Crippen molar-refractivity contribution in [2.75, 3.05) is 38.1 Å². The van der Waals surface area contributed by atoms with Crippen molar-refractivity contribution in [3.05, 3.63) is 70.9 Å². The molecule has 5 rings (SSSR count). The lowest BCUT2D eigenvalue weighted by Crippen LogP contribution is -2.55. The van der Waals surface area contributed by atoms with Crippen LogP contribution in [0, 0.1) is 0 Å². The van der Waals surface area contributed by atoms with Crippen molar-refractivity contribution in [3.63, 3.8) is 0 Å². The van der Waals surface area contributed by atoms with Crippen molar-refractivity contribution in [1.82, 2.24) is 4.90 Å². The summed E-state index contributed by atoms with van der Waals surface area (Å²) >= 11 is 0. The fraction of sp³-hybridized carbons (Fsp3) is 0.333. The molecule has 210 valence electrons. The van der Waals surface area contributed by atoms with Crippen molar-refractivity contribution < 1.29 is 42.1 Å². The summed E-state index contributed by atoms with van der Waals surface area (Å²) in [7, 11) is 4.03. The number of aliphatic imine (C=N–C) groups is 1. The van der Waals surface area contributed by atoms with E-state index in [1.54, 1.807) is 24.1 Å². The second kappa shape index (κ2) is 9.66. The predicted molar refractivity (Wildman–Crippen MR) is 137 cm³/mol. The molecular weight excluding hydrogens is 533 g/mol. The van der Waals surface area contributed by atoms with Gasteiger partial charge in [0.1, 0.15) is 5.84 Å². The van der Waals surface area contributed by atoms with E-state index < -0.39 is 53.8 Å². The standard InChI is InChI=1S/C27H25F3N4O6/c1-33-18-7-5-4-6-17(18)26-12-16(13-35)34(25(38)31-15-10-8-14(9-11-15)27(28,29)30)24(26)32-20(23(37)40-3)19(21(26)33)22(36)39-2/h4-11,16,21,35H,12-13H2,1-3H3,(H,31,38)/t16-,21-,26-/m0/s1. The number of amidine groups is 1. The molecule has 2 aromatic rings. The summed E-state index contributed by atoms with van der Waals surface area (Å²) in [6.07, 6.45) is -4.42. The minimum Gasteiger partial charge on any atom is -0.466 e. The van der Waals surface area contributed by atoms with E-state index in [9.17, 15) is 32.7 Å². The topological polar surface area (TPSA) is 121 Å². The molecule has 3 heterocycles. The first-order valence-corrected chi connectivity index (χ1v) is 12.2. The van der Waals surface area contributed by atoms with Crippen molar-refractivity contribution in [2.45, 2.75) is 30.1 Å². The number of nitrogens with one attached hydrogen (secondary N) is 1. The lowest BCUT2D eigenvalue weighted by Gasteiger charge is -2.39. The summed E-state index contributed by atoms with van der Waals surface area (Å²) < 4.78 is 49.0. The third-order valence-electron chi connectivity index (χ3n) is 7.59. The number of para-hydroxylation sites is 1. The van der Waals surface area contributed by atoms with Crippen molar-refractivity contribution in [1.29, 1.82) is 0 Å². The minimum atomic E-state index is -4.55. The smallest absolute Gasteiger partial charge is 0.416 e. The molecule has 13 heteroatoms. The van der Waals surface area contributed by atoms with Gasteiger partial charge >= 0.3 is 24.1 Å². The monoisotopic (exact) mass is 558 g/mol. The van der Waals surface area contributed by atoms with Gasteiger partial charge in [-0.1, -0.05) is 18.2 Å². The molecule has 3 aliphatic heterocycles. The van der Waals surface area contributed by atoms with Crippen LogP contribution in [-0.2, 0) is 30.7 Å². The number of halogens is 3. The van der Waals surface area contributed by atoms with Gasteiger partial charge in [-0.25, -0.2) is 19.4 Å². The van der Waals surface area contributed by atoms with Gasteiger partial charge < -0.3 is 24.8 Å². The lowest BCUT2D eigenvalue weighted by atomic mass is 9.69. The van der Waals surface area contributed by atoms with Crippen molar-refractivity contribution in [3.8, 4) is 0 Å². The summed E-state index contributed by atoms with van der Waals surface area (Å²) in [5.41, 5.74) is -0.936. The average Bonchev–Trinajstić information content (AvgIpc) is 3.41. The van der Waals surface area contributed by atoms with Gasteiger partial charge in [-0.05, 0) is 42.3 Å². The average molecular weight is 559 g/mol. The number of urea groups is 1. The van der Waals surface area contributed by atoms with E-state index >= 15 is 0 Å². The first-order valence-electron chi connectivity index (χ1n) is 12.2. The van der Waals surface area contributed by atoms with Crippen LogP contribution in [0.25, 0.3) is 0 Å². The van der Waals surface area contributed by atoms with Gasteiger partial charge in [-0.15, -0.1) is 0 Å². The van der Waals surface area contributed by atoms with Gasteiger partial charge in [0.2, 0.25) is 0 Å². The Labute approximate surface area is 226 Å². The third-order valence-corrected chi connectivity index (χ3v) is 7.59. The van der Waals surface area contributed by atoms with Crippen LogP contribution in [-0.4, -0.2) is 73.8 Å². The van der Waals surface area contributed by atoms with Crippen LogP contribution in [0.2, 0.25) is 0 Å². The highest BCUT2D eigenvalue weighted by molar-refractivity contribution is 6.17. The Balaban J connectivity index is 1.67. The van der Waals surface area contributed by atoms with E-state index in [0.717, 1.165) is 42.6 Å². The molecule has 1 saturated heterocycles. The highest BCUT2D eigenvalue weighted by Gasteiger charge is 2.66. The Kier molecular flexibility index (Phi) is 6.57. The van der Waals surface area contributed by atoms with Gasteiger partial charge in [0.25, 0.3) is 0 Å². The Hall–Kier alpha value is -4.39. The second-order valence-corrected chi connectivity index (χ2v) is 9.60. The maximum atomic E-state index is 13.7. The zero-order valence-electron chi connectivity index (χ0n) is 21.7. The number of aliphatic hydroxyl groups excluding tert-OH is 1. The van der Waals surface area contributed by atoms with Crippen LogP contribution in [0.1, 0.15) is 17.5 Å². The molecule has 3 atom stereocenters. The number of anilines is 2. The van der Waals surface area contributed by atoms with E-state index in [4.69, 9.17) is 9.47 Å². The number of alkyl halides is 3. The highest BCUT2D eigenvalue weighted by Crippen LogP contribution is 2.57. The van der Waals surface area contributed by atoms with Crippen LogP contribution in [0.3, 0.4) is 0 Å². The number of hydrogen-bond donors (Lipinski definition) is 2. The number of hydrogen-bond acceptors (Lipinski definition) is 8. The van der Waals surface area contributed by atoms with Gasteiger partial charge in [0.15, 0.2) is 5.70 Å². The predicted octanol–water partition coefficient (Wildman–Crippen LogP) is 3.07. The number of carbonyl (C=O) groups excluding carboxylic acids is 3. The number of methoxy groups -OCH3 is 2. The summed E-state index contributed by atoms with van der Waals surface area (Å²) in [6, 6.07) is 8.64. The molecule has 0 bridgehead atoms. The number of esters is 2. The quantitative estimate of drug-likeness (QED) is 0.554. The van der Waals surface area contributed by atoms with Crippen molar-refractivity contribution in [2.24, 2.45) is 4.99 Å². The molecule has 0 saturated carbocycles. The Morgan fingerprint density at radius 2 is 1.73 bits per heavy atom. The molecule has 2 N–H and O–H groups in total. The van der Waals surface area contributed by atoms with E-state index in [-0.39, 0.29) is 29.2 Å². The molecule has 2 aromatic carbocycles. The van der Waals surface area contributed by atoms with Crippen LogP contribution >= 0.6 is 0 Å². The largest absolute Gasteiger partial charge is 0.466 e. The fourth-order valence-electron chi connectivity index (χ4n) is 5.98. The number of likely N-dealkylation sites (tertiary alicyclic amines) is 1. The molecule has 40 heavy (non-hydrogen) atoms. The molecule has 3 aliphatic rings. The lowest BCUT2D eigenvalue weighted by molar-refractivity contribution is -0.139. The number of benzene rings is 2. The molecular formula is C27H25F3N4O6. The summed E-state index contributed by atoms with van der Waals surface area (Å²) in [4.78, 5) is 47.2. The fourth-order valence-corrected chi connectivity index (χ4v) is 5.98. The van der Waals surface area contributed by atoms with Crippen LogP contribution in [0.4, 0.5) is 29.3 Å². The number of amides is 2. The number of likely N-dealkylation sites (N-methyl/N-ethyl adjacent to an activating group) is 1. The molecule has 0 aromatic heterocycles. The number of rotatable bonds is 4. The van der Waals surface area contributed by atoms with Gasteiger partial charge in [-0.2, -0.15) is 13.2 Å². The van der Waals surface area contributed by atoms with Crippen molar-refractivity contribution >= 4 is 35.2 Å². The van der Waals surface area contributed by atoms with E-state index in [0.29, 0.717) is 0 Å². The molecule has 0 radical (unpaired) electrons. The number of fused-ring (bicyclic) bond motifs is 1. The zero-order chi connectivity index (χ0) is 29.0. The molecule has 0 unspecified atom stereocenters. The van der Waals surface area contributed by atoms with E-state index in [2.05, 4.69) is 10.3 Å². The maximum Gasteiger partial charge on any atom is 0.416 e. The Morgan fingerprint density at radius 1 is 1.07 bits per heavy atom. The molecule has 1 spiro atoms. The number of nitrogens with zero attached hydrogens (tertiary/aromatic N) is 3. The minimum absolute atomic E-state index is 0.0570. The summed E-state index contributed by atoms with van der Waals surface area (Å²) in [6.45, 7) is -0.499. The SMILES string of the molecule is COC(=O)C1=C(C(=O)OC)[C@@H]2N(C)c3ccccc3[C@@]23C[C@@H](CO)N(C(=O)Nc2ccc(C(F)(F)F)cc2)C3=N1. The van der Waals surface area contributed by atoms with Gasteiger partial charge in [0.05, 0.1) is 49.5 Å². The Bertz CT molecular complexity index is 1450. The van der Waals surface area contributed by atoms with Gasteiger partial charge in [-0.3, -0.25) is 4.90 Å². The maximum absolute atomic E-state index is 13.7. The number of ether oxygens (including phenoxy) is 2. The van der Waals surface area contributed by atoms with E-state index in [1.165, 1.54) is 12.0 Å². The Morgan fingerprint density at radius 3 is 2.33 bits per heavy atom. The third kappa shape index (κ3) is 3.91. The second-order valence-electron chi connectivity index (χ2n) is 9.60. The van der Waals surface area contributed by atoms with Gasteiger partial charge in [0, 0.05) is 18.4 Å². The normalized spacial score (nSPS) is 23.2. The molecule has 2 amide bonds. The van der Waals surface area contributed by atoms with E-state index in [1.807, 2.05) is 12.1 Å². The van der Waals surface area contributed by atoms with Crippen LogP contribution in [0.5, 0.6) is 0 Å². The zero-order valence-corrected chi connectivity index (χ0v) is 21.7. The molecule has 10 nitrogen and oxygen atoms in total. The molecule has 1 fully saturated rings.